The molecule has 0 bridgehead atoms. The predicted molar refractivity (Wildman–Crippen MR) is 230 cm³/mol. The van der Waals surface area contributed by atoms with E-state index in [1.807, 2.05) is 38.6 Å². The van der Waals surface area contributed by atoms with Crippen molar-refractivity contribution in [1.29, 1.82) is 0 Å². The molecule has 3 aromatic carbocycles. The molecule has 4 rings (SSSR count). The molecule has 51 heavy (non-hydrogen) atoms. The van der Waals surface area contributed by atoms with Gasteiger partial charge in [0.1, 0.15) is 5.78 Å². The second kappa shape index (κ2) is 35.4. The Kier molecular flexibility index (Phi) is 37.1. The van der Waals surface area contributed by atoms with Crippen molar-refractivity contribution in [2.45, 2.75) is 76.2 Å². The minimum absolute atomic E-state index is 0.157. The van der Waals surface area contributed by atoms with Crippen LogP contribution in [-0.2, 0) is 11.8 Å². The lowest BCUT2D eigenvalue weighted by Crippen LogP contribution is -2.28. The minimum atomic E-state index is -0.157. The fourth-order valence-electron chi connectivity index (χ4n) is 2.90. The molecule has 0 aliphatic carbocycles. The average Bonchev–Trinajstić information content (AvgIpc) is 3.45. The maximum absolute atomic E-state index is 9.96. The molecule has 0 atom stereocenters. The third kappa shape index (κ3) is 45.6. The highest BCUT2D eigenvalue weighted by molar-refractivity contribution is 7.80. The topological polar surface area (TPSA) is 100 Å². The highest BCUT2D eigenvalue weighted by Gasteiger charge is 1.85. The summed E-state index contributed by atoms with van der Waals surface area (Å²) in [5.41, 5.74) is 9.14. The third-order valence-electron chi connectivity index (χ3n) is 5.56. The van der Waals surface area contributed by atoms with E-state index >= 15 is 0 Å². The zero-order valence-corrected chi connectivity index (χ0v) is 35.7. The summed E-state index contributed by atoms with van der Waals surface area (Å²) in [5, 5.41) is 10.9. The molecule has 0 unspecified atom stereocenters. The summed E-state index contributed by atoms with van der Waals surface area (Å²) in [6.07, 6.45) is 3.76. The predicted octanol–water partition coefficient (Wildman–Crippen LogP) is 8.89. The molecule has 0 saturated carbocycles. The Morgan fingerprint density at radius 2 is 0.941 bits per heavy atom. The van der Waals surface area contributed by atoms with Gasteiger partial charge in [0, 0.05) is 41.4 Å². The first-order valence-corrected chi connectivity index (χ1v) is 17.3. The van der Waals surface area contributed by atoms with Crippen molar-refractivity contribution in [3.63, 3.8) is 0 Å². The lowest BCUT2D eigenvalue weighted by atomic mass is 10.1. The molecule has 284 valence electrons. The van der Waals surface area contributed by atoms with Crippen molar-refractivity contribution in [1.82, 2.24) is 30.8 Å². The molecule has 0 aliphatic rings. The Hall–Kier alpha value is -4.41. The zero-order chi connectivity index (χ0) is 40.4. The number of thiocarbonyl (C=S) groups is 2. The molecule has 0 fully saturated rings. The molecule has 4 N–H and O–H groups in total. The van der Waals surface area contributed by atoms with E-state index < -0.39 is 0 Å². The summed E-state index contributed by atoms with van der Waals surface area (Å²) in [5.74, 6) is 0.167. The summed E-state index contributed by atoms with van der Waals surface area (Å²) in [4.78, 5) is 24.4. The standard InChI is InChI=1S/3C8H10.C5H8N2.C3H8N2O.C3H8N2S.C3H6O.C3H6S/c1-7-3-5-8(2)6-4-7;1-7-4-3-5-8(2)6-7;1-7-5-3-4-6-8(7)2;1-5-3-7(2)4-6-5;2*1-4-3(6)5-2;2*1-3(2)4/h3*3-6H,1-2H3;3-4H,1-2H3;2*1-2H3,(H2,4,5,6);2*1-2H3. The Balaban J connectivity index is -0.000000251. The largest absolute Gasteiger partial charge is 0.366 e. The summed E-state index contributed by atoms with van der Waals surface area (Å²) >= 11 is 9.17. The summed E-state index contributed by atoms with van der Waals surface area (Å²) in [7, 11) is 8.65. The van der Waals surface area contributed by atoms with Gasteiger partial charge in [0.2, 0.25) is 0 Å². The van der Waals surface area contributed by atoms with Gasteiger partial charge in [-0.15, -0.1) is 0 Å². The Bertz CT molecular complexity index is 1360. The average molecular weight is 739 g/mol. The first-order chi connectivity index (χ1) is 23.7. The van der Waals surface area contributed by atoms with Crippen LogP contribution in [0.4, 0.5) is 4.79 Å². The van der Waals surface area contributed by atoms with E-state index in [9.17, 15) is 9.59 Å². The second-order valence-electron chi connectivity index (χ2n) is 11.6. The number of Topliss-reactive ketones (excluding diaryl/α,β-unsaturated/α-hetero) is 1. The van der Waals surface area contributed by atoms with Crippen LogP contribution in [0.1, 0.15) is 66.8 Å². The number of carbonyl (C=O) groups excluding carboxylic acids is 2. The number of aromatic nitrogens is 2. The molecular weight excluding hydrogens is 673 g/mol. The van der Waals surface area contributed by atoms with E-state index in [1.54, 1.807) is 34.5 Å². The molecule has 0 aliphatic heterocycles. The number of imidazole rings is 1. The minimum Gasteiger partial charge on any atom is -0.366 e. The van der Waals surface area contributed by atoms with E-state index in [0.29, 0.717) is 5.11 Å². The van der Waals surface area contributed by atoms with Gasteiger partial charge in [-0.25, -0.2) is 9.78 Å². The number of hydrogen-bond acceptors (Lipinski definition) is 5. The molecule has 1 heterocycles. The van der Waals surface area contributed by atoms with Crippen LogP contribution < -0.4 is 21.3 Å². The van der Waals surface area contributed by atoms with Crippen molar-refractivity contribution < 1.29 is 9.59 Å². The number of ketones is 1. The second-order valence-corrected chi connectivity index (χ2v) is 12.8. The van der Waals surface area contributed by atoms with Crippen LogP contribution in [0.3, 0.4) is 0 Å². The lowest BCUT2D eigenvalue weighted by molar-refractivity contribution is -0.115. The molecule has 0 saturated heterocycles. The molecule has 1 aromatic heterocycles. The zero-order valence-electron chi connectivity index (χ0n) is 34.1. The Morgan fingerprint density at radius 1 is 0.588 bits per heavy atom. The number of urea groups is 1. The van der Waals surface area contributed by atoms with E-state index in [1.165, 1.54) is 47.2 Å². The number of rotatable bonds is 0. The van der Waals surface area contributed by atoms with Gasteiger partial charge >= 0.3 is 6.03 Å². The fraction of sp³-hybridized carbons (Fsp3) is 0.390. The summed E-state index contributed by atoms with van der Waals surface area (Å²) in [6, 6.07) is 25.1. The van der Waals surface area contributed by atoms with Crippen molar-refractivity contribution in [3.05, 3.63) is 124 Å². The van der Waals surface area contributed by atoms with Crippen LogP contribution >= 0.6 is 24.4 Å². The van der Waals surface area contributed by atoms with E-state index in [-0.39, 0.29) is 11.8 Å². The van der Waals surface area contributed by atoms with Crippen molar-refractivity contribution in [2.24, 2.45) is 7.05 Å². The number of nitrogens with one attached hydrogen (secondary N) is 4. The quantitative estimate of drug-likeness (QED) is 0.134. The lowest BCUT2D eigenvalue weighted by Gasteiger charge is -1.95. The highest BCUT2D eigenvalue weighted by atomic mass is 32.1. The molecule has 8 nitrogen and oxygen atoms in total. The van der Waals surface area contributed by atoms with Crippen LogP contribution in [0.2, 0.25) is 0 Å². The Morgan fingerprint density at radius 3 is 1.08 bits per heavy atom. The maximum atomic E-state index is 9.96. The van der Waals surface area contributed by atoms with E-state index in [2.05, 4.69) is 165 Å². The monoisotopic (exact) mass is 738 g/mol. The van der Waals surface area contributed by atoms with Gasteiger partial charge in [0.25, 0.3) is 0 Å². The molecule has 2 amide bonds. The van der Waals surface area contributed by atoms with Crippen LogP contribution in [0, 0.1) is 48.5 Å². The van der Waals surface area contributed by atoms with Crippen molar-refractivity contribution in [3.8, 4) is 0 Å². The number of nitrogens with zero attached hydrogens (tertiary/aromatic N) is 2. The maximum Gasteiger partial charge on any atom is 0.314 e. The van der Waals surface area contributed by atoms with Gasteiger partial charge in [-0.2, -0.15) is 0 Å². The molecule has 0 radical (unpaired) electrons. The molecular formula is C41H66N6O2S2. The first kappa shape index (κ1) is 53.4. The van der Waals surface area contributed by atoms with Crippen molar-refractivity contribution >= 4 is 46.2 Å². The summed E-state index contributed by atoms with van der Waals surface area (Å²) in [6.45, 7) is 21.5. The number of aryl methyl sites for hydroxylation is 8. The number of hydrogen-bond donors (Lipinski definition) is 4. The van der Waals surface area contributed by atoms with E-state index in [0.717, 1.165) is 10.6 Å². The van der Waals surface area contributed by atoms with Gasteiger partial charge < -0.3 is 30.6 Å². The van der Waals surface area contributed by atoms with Gasteiger partial charge in [0.05, 0.1) is 12.0 Å². The molecule has 10 heteroatoms. The first-order valence-electron chi connectivity index (χ1n) is 16.5. The smallest absolute Gasteiger partial charge is 0.314 e. The fourth-order valence-corrected chi connectivity index (χ4v) is 2.90. The van der Waals surface area contributed by atoms with Gasteiger partial charge in [-0.1, -0.05) is 107 Å². The number of amides is 2. The van der Waals surface area contributed by atoms with Crippen LogP contribution in [0.15, 0.2) is 85.3 Å². The van der Waals surface area contributed by atoms with Crippen molar-refractivity contribution in [2.75, 3.05) is 28.2 Å². The van der Waals surface area contributed by atoms with Gasteiger partial charge in [0.15, 0.2) is 5.11 Å². The molecule has 4 aromatic rings. The van der Waals surface area contributed by atoms with Crippen LogP contribution in [0.25, 0.3) is 0 Å². The van der Waals surface area contributed by atoms with Crippen LogP contribution in [-0.4, -0.2) is 59.5 Å². The normalized spacial score (nSPS) is 8.31. The highest BCUT2D eigenvalue weighted by Crippen LogP contribution is 2.03. The van der Waals surface area contributed by atoms with Crippen LogP contribution in [0.5, 0.6) is 0 Å². The SMILES string of the molecule is CC(C)=O.CC(C)=S.CNC(=O)NC.CNC(=S)NC.Cc1ccc(C)cc1.Cc1cccc(C)c1.Cc1ccccc1C.Cc1cn(C)cn1. The van der Waals surface area contributed by atoms with Gasteiger partial charge in [-0.3, -0.25) is 0 Å². The Labute approximate surface area is 321 Å². The third-order valence-corrected chi connectivity index (χ3v) is 5.97. The molecule has 0 spiro atoms. The van der Waals surface area contributed by atoms with Gasteiger partial charge in [-0.05, 0) is 104 Å². The summed E-state index contributed by atoms with van der Waals surface area (Å²) < 4.78 is 1.93. The number of carbonyl (C=O) groups is 2. The number of benzene rings is 3. The van der Waals surface area contributed by atoms with E-state index in [4.69, 9.17) is 0 Å².